The van der Waals surface area contributed by atoms with Crippen molar-refractivity contribution in [2.24, 2.45) is 5.10 Å². The SMILES string of the molecule is COc1cc([C@H]2OC(c3ccc(Cl)cc3)=NN2C(C)=O)ccc1OC(C)=O. The summed E-state index contributed by atoms with van der Waals surface area (Å²) in [7, 11) is 1.46. The number of hydrogen-bond acceptors (Lipinski definition) is 6. The molecule has 2 aromatic carbocycles. The van der Waals surface area contributed by atoms with Gasteiger partial charge in [-0.15, -0.1) is 5.10 Å². The van der Waals surface area contributed by atoms with Crippen LogP contribution < -0.4 is 9.47 Å². The highest BCUT2D eigenvalue weighted by atomic mass is 35.5. The van der Waals surface area contributed by atoms with E-state index in [-0.39, 0.29) is 11.7 Å². The van der Waals surface area contributed by atoms with Gasteiger partial charge in [-0.3, -0.25) is 9.59 Å². The molecule has 7 nitrogen and oxygen atoms in total. The second-order valence-corrected chi connectivity index (χ2v) is 6.19. The molecule has 0 saturated carbocycles. The number of halogens is 1. The van der Waals surface area contributed by atoms with E-state index in [9.17, 15) is 9.59 Å². The largest absolute Gasteiger partial charge is 0.493 e. The molecule has 1 atom stereocenters. The van der Waals surface area contributed by atoms with E-state index in [1.807, 2.05) is 0 Å². The lowest BCUT2D eigenvalue weighted by molar-refractivity contribution is -0.135. The zero-order chi connectivity index (χ0) is 19.6. The first-order valence-electron chi connectivity index (χ1n) is 8.06. The van der Waals surface area contributed by atoms with Crippen molar-refractivity contribution in [2.45, 2.75) is 20.1 Å². The van der Waals surface area contributed by atoms with Crippen molar-refractivity contribution < 1.29 is 23.8 Å². The Balaban J connectivity index is 1.93. The van der Waals surface area contributed by atoms with Gasteiger partial charge >= 0.3 is 5.97 Å². The van der Waals surface area contributed by atoms with E-state index in [1.54, 1.807) is 42.5 Å². The van der Waals surface area contributed by atoms with Gasteiger partial charge in [0.25, 0.3) is 0 Å². The van der Waals surface area contributed by atoms with Gasteiger partial charge in [0.2, 0.25) is 18.0 Å². The zero-order valence-electron chi connectivity index (χ0n) is 14.9. The number of carbonyl (C=O) groups is 2. The van der Waals surface area contributed by atoms with Crippen LogP contribution in [0.5, 0.6) is 11.5 Å². The Bertz CT molecular complexity index is 911. The fourth-order valence-corrected chi connectivity index (χ4v) is 2.70. The van der Waals surface area contributed by atoms with E-state index in [2.05, 4.69) is 5.10 Å². The van der Waals surface area contributed by atoms with Crippen LogP contribution in [0.4, 0.5) is 0 Å². The number of methoxy groups -OCH3 is 1. The van der Waals surface area contributed by atoms with Crippen molar-refractivity contribution in [1.29, 1.82) is 0 Å². The zero-order valence-corrected chi connectivity index (χ0v) is 15.7. The maximum Gasteiger partial charge on any atom is 0.308 e. The van der Waals surface area contributed by atoms with Crippen molar-refractivity contribution >= 4 is 29.4 Å². The van der Waals surface area contributed by atoms with Gasteiger partial charge in [0.05, 0.1) is 7.11 Å². The van der Waals surface area contributed by atoms with E-state index >= 15 is 0 Å². The second-order valence-electron chi connectivity index (χ2n) is 5.75. The molecule has 1 aliphatic rings. The number of esters is 1. The molecule has 0 unspecified atom stereocenters. The molecule has 1 amide bonds. The van der Waals surface area contributed by atoms with Gasteiger partial charge in [0, 0.05) is 30.0 Å². The van der Waals surface area contributed by atoms with Gasteiger partial charge < -0.3 is 14.2 Å². The lowest BCUT2D eigenvalue weighted by Gasteiger charge is -2.20. The van der Waals surface area contributed by atoms with E-state index in [1.165, 1.54) is 26.0 Å². The standard InChI is InChI=1S/C19H17ClN2O5/c1-11(23)22-19(27-18(21-22)13-4-7-15(20)8-5-13)14-6-9-16(26-12(2)24)17(10-14)25-3/h4-10,19H,1-3H3/t19-/m1/s1. The van der Waals surface area contributed by atoms with Crippen LogP contribution in [-0.4, -0.2) is 29.9 Å². The molecular formula is C19H17ClN2O5. The van der Waals surface area contributed by atoms with Crippen LogP contribution in [0.15, 0.2) is 47.6 Å². The normalized spacial score (nSPS) is 15.8. The molecule has 0 bridgehead atoms. The van der Waals surface area contributed by atoms with Crippen LogP contribution in [0.2, 0.25) is 5.02 Å². The Morgan fingerprint density at radius 1 is 1.11 bits per heavy atom. The lowest BCUT2D eigenvalue weighted by Crippen LogP contribution is -2.25. The van der Waals surface area contributed by atoms with Crippen LogP contribution in [0.1, 0.15) is 31.2 Å². The summed E-state index contributed by atoms with van der Waals surface area (Å²) in [5.74, 6) is 0.175. The van der Waals surface area contributed by atoms with Crippen LogP contribution in [0.3, 0.4) is 0 Å². The van der Waals surface area contributed by atoms with Crippen molar-refractivity contribution in [2.75, 3.05) is 7.11 Å². The van der Waals surface area contributed by atoms with Crippen LogP contribution in [0, 0.1) is 0 Å². The van der Waals surface area contributed by atoms with Crippen LogP contribution >= 0.6 is 11.6 Å². The summed E-state index contributed by atoms with van der Waals surface area (Å²) in [5.41, 5.74) is 1.31. The number of benzene rings is 2. The first-order chi connectivity index (χ1) is 12.9. The van der Waals surface area contributed by atoms with Crippen molar-refractivity contribution in [3.63, 3.8) is 0 Å². The fraction of sp³-hybridized carbons (Fsp3) is 0.211. The Morgan fingerprint density at radius 2 is 1.81 bits per heavy atom. The number of hydrazone groups is 1. The Hall–Kier alpha value is -3.06. The molecule has 1 aliphatic heterocycles. The van der Waals surface area contributed by atoms with E-state index < -0.39 is 12.2 Å². The number of hydrogen-bond donors (Lipinski definition) is 0. The smallest absolute Gasteiger partial charge is 0.308 e. The molecule has 0 saturated heterocycles. The Labute approximate surface area is 161 Å². The molecule has 0 N–H and O–H groups in total. The topological polar surface area (TPSA) is 77.4 Å². The van der Waals surface area contributed by atoms with Gasteiger partial charge in [-0.05, 0) is 42.5 Å². The number of rotatable bonds is 4. The predicted octanol–water partition coefficient (Wildman–Crippen LogP) is 3.51. The third kappa shape index (κ3) is 4.03. The molecule has 0 radical (unpaired) electrons. The van der Waals surface area contributed by atoms with E-state index in [0.29, 0.717) is 27.8 Å². The van der Waals surface area contributed by atoms with Gasteiger partial charge in [-0.2, -0.15) is 5.01 Å². The predicted molar refractivity (Wildman–Crippen MR) is 98.6 cm³/mol. The summed E-state index contributed by atoms with van der Waals surface area (Å²) in [5, 5.41) is 6.11. The van der Waals surface area contributed by atoms with E-state index in [0.717, 1.165) is 0 Å². The molecule has 2 aromatic rings. The first kappa shape index (κ1) is 18.7. The summed E-state index contributed by atoms with van der Waals surface area (Å²) in [6, 6.07) is 11.8. The Kier molecular flexibility index (Phi) is 5.32. The van der Waals surface area contributed by atoms with Crippen molar-refractivity contribution in [1.82, 2.24) is 5.01 Å². The summed E-state index contributed by atoms with van der Waals surface area (Å²) in [6.45, 7) is 2.70. The lowest BCUT2D eigenvalue weighted by atomic mass is 10.1. The second kappa shape index (κ2) is 7.67. The molecule has 0 fully saturated rings. The fourth-order valence-electron chi connectivity index (χ4n) is 2.57. The molecule has 1 heterocycles. The minimum Gasteiger partial charge on any atom is -0.493 e. The van der Waals surface area contributed by atoms with Gasteiger partial charge in [-0.25, -0.2) is 0 Å². The molecule has 0 aliphatic carbocycles. The number of ether oxygens (including phenoxy) is 3. The first-order valence-corrected chi connectivity index (χ1v) is 8.44. The van der Waals surface area contributed by atoms with Gasteiger partial charge in [0.15, 0.2) is 11.5 Å². The van der Waals surface area contributed by atoms with Crippen molar-refractivity contribution in [3.8, 4) is 11.5 Å². The minimum absolute atomic E-state index is 0.278. The third-order valence-electron chi connectivity index (χ3n) is 3.78. The van der Waals surface area contributed by atoms with Crippen LogP contribution in [-0.2, 0) is 14.3 Å². The molecule has 140 valence electrons. The molecule has 27 heavy (non-hydrogen) atoms. The molecular weight excluding hydrogens is 372 g/mol. The third-order valence-corrected chi connectivity index (χ3v) is 4.04. The van der Waals surface area contributed by atoms with Crippen LogP contribution in [0.25, 0.3) is 0 Å². The number of amides is 1. The summed E-state index contributed by atoms with van der Waals surface area (Å²) in [4.78, 5) is 23.2. The number of nitrogens with zero attached hydrogens (tertiary/aromatic N) is 2. The summed E-state index contributed by atoms with van der Waals surface area (Å²) < 4.78 is 16.3. The highest BCUT2D eigenvalue weighted by molar-refractivity contribution is 6.30. The molecule has 0 aromatic heterocycles. The van der Waals surface area contributed by atoms with Gasteiger partial charge in [0.1, 0.15) is 0 Å². The number of carbonyl (C=O) groups excluding carboxylic acids is 2. The average Bonchev–Trinajstić information content (AvgIpc) is 3.08. The summed E-state index contributed by atoms with van der Waals surface area (Å²) in [6.07, 6.45) is -0.770. The molecule has 0 spiro atoms. The monoisotopic (exact) mass is 388 g/mol. The Morgan fingerprint density at radius 3 is 2.41 bits per heavy atom. The van der Waals surface area contributed by atoms with Gasteiger partial charge in [-0.1, -0.05) is 11.6 Å². The highest BCUT2D eigenvalue weighted by Crippen LogP contribution is 2.36. The van der Waals surface area contributed by atoms with Crippen molar-refractivity contribution in [3.05, 3.63) is 58.6 Å². The maximum absolute atomic E-state index is 12.0. The summed E-state index contributed by atoms with van der Waals surface area (Å²) >= 11 is 5.91. The quantitative estimate of drug-likeness (QED) is 0.591. The van der Waals surface area contributed by atoms with E-state index in [4.69, 9.17) is 25.8 Å². The average molecular weight is 389 g/mol. The minimum atomic E-state index is -0.770. The molecule has 3 rings (SSSR count). The maximum atomic E-state index is 12.0. The molecule has 8 heteroatoms. The highest BCUT2D eigenvalue weighted by Gasteiger charge is 2.33.